The molecule has 518 valence electrons. The molecule has 2 saturated heterocycles. The van der Waals surface area contributed by atoms with Crippen molar-refractivity contribution in [1.82, 2.24) is 39.0 Å². The van der Waals surface area contributed by atoms with Crippen LogP contribution in [-0.4, -0.2) is 268 Å². The number of rotatable bonds is 29. The van der Waals surface area contributed by atoms with Crippen molar-refractivity contribution in [2.24, 2.45) is 11.5 Å². The second kappa shape index (κ2) is 36.2. The summed E-state index contributed by atoms with van der Waals surface area (Å²) in [4.78, 5) is 45.6. The molecule has 2 fully saturated rings. The van der Waals surface area contributed by atoms with E-state index in [9.17, 15) is 90.7 Å². The Balaban J connectivity index is 0.000000408. The van der Waals surface area contributed by atoms with Crippen LogP contribution >= 0.6 is 0 Å². The molecule has 0 bridgehead atoms. The highest BCUT2D eigenvalue weighted by molar-refractivity contribution is 7.96. The molecule has 18 N–H and O–H groups in total. The Morgan fingerprint density at radius 2 is 0.744 bits per heavy atom. The number of ether oxygens (including phenoxy) is 2. The fourth-order valence-electron chi connectivity index (χ4n) is 7.63. The molecule has 0 spiro atoms. The molecular formula is C42H74N12O28S8. The van der Waals surface area contributed by atoms with Crippen LogP contribution in [0.2, 0.25) is 0 Å². The molecule has 12 atom stereocenters. The number of hydrogen-bond donors (Lipinski definition) is 14. The van der Waals surface area contributed by atoms with Crippen molar-refractivity contribution in [2.45, 2.75) is 113 Å². The first-order valence-corrected chi connectivity index (χ1v) is 39.5. The number of carbonyl (C=O) groups excluding carboxylic acids is 2. The van der Waals surface area contributed by atoms with Crippen LogP contribution in [-0.2, 0) is 102 Å². The highest BCUT2D eigenvalue weighted by Crippen LogP contribution is 2.34. The third-order valence-electron chi connectivity index (χ3n) is 12.2. The van der Waals surface area contributed by atoms with Crippen LogP contribution < -0.4 is 33.1 Å². The quantitative estimate of drug-likeness (QED) is 0.0136. The molecule has 40 nitrogen and oxygen atoms in total. The number of nitrogens with zero attached hydrogens (tertiary/aromatic N) is 8. The van der Waals surface area contributed by atoms with Gasteiger partial charge in [-0.3, -0.25) is 36.5 Å². The van der Waals surface area contributed by atoms with E-state index in [1.165, 1.54) is 34.4 Å². The van der Waals surface area contributed by atoms with E-state index < -0.39 is 168 Å². The molecular weight excluding hydrogens is 1380 g/mol. The van der Waals surface area contributed by atoms with E-state index in [0.29, 0.717) is 45.3 Å². The number of aliphatic carboxylic acids is 2. The summed E-state index contributed by atoms with van der Waals surface area (Å²) in [5, 5.41) is 63.0. The van der Waals surface area contributed by atoms with E-state index >= 15 is 0 Å². The van der Waals surface area contributed by atoms with Gasteiger partial charge in [-0.05, 0) is 60.3 Å². The number of anilines is 2. The molecule has 4 aromatic heterocycles. The Kier molecular flexibility index (Phi) is 32.8. The second-order valence-corrected chi connectivity index (χ2v) is 33.9. The molecule has 0 saturated carbocycles. The number of nitrogen functional groups attached to an aromatic ring is 2. The molecule has 0 aliphatic carbocycles. The summed E-state index contributed by atoms with van der Waals surface area (Å²) < 4.78 is 185. The summed E-state index contributed by atoms with van der Waals surface area (Å²) in [5.41, 5.74) is 24.0. The maximum absolute atomic E-state index is 10.7. The number of carbonyl (C=O) groups is 2. The van der Waals surface area contributed by atoms with Gasteiger partial charge in [0.25, 0.3) is 60.7 Å². The van der Waals surface area contributed by atoms with Crippen LogP contribution in [0.15, 0.2) is 25.3 Å². The fraction of sp³-hybridized carbons (Fsp3) is 0.714. The number of hydrogen-bond acceptors (Lipinski definition) is 32. The average molecular weight is 1450 g/mol. The molecule has 0 aromatic carbocycles. The summed E-state index contributed by atoms with van der Waals surface area (Å²) in [6, 6.07) is -2.04. The van der Waals surface area contributed by atoms with Gasteiger partial charge in [0.15, 0.2) is 35.4 Å². The predicted molar refractivity (Wildman–Crippen MR) is 319 cm³/mol. The molecule has 2 aliphatic rings. The molecule has 2 unspecified atom stereocenters. The first kappa shape index (κ1) is 81.6. The van der Waals surface area contributed by atoms with Gasteiger partial charge in [-0.25, -0.2) is 29.9 Å². The molecule has 0 radical (unpaired) electrons. The predicted octanol–water partition coefficient (Wildman–Crippen LogP) is -7.89. The smallest absolute Gasteiger partial charge is 0.264 e. The standard InChI is InChI=1S/2C15H22N6O5S.3C4H10O6S2/c2*1-27(3-2-7(16)15(24)25)4-8-10(22)11(23)14(26-8)21-6-20-9-12(17)18-5-19-13(9)21;3*5-11(6,7)3-1-2-4-12(8,9)10/h2*5-8,10-11,14,22-23H,2-4,16H2,1H3,(H2-,17,18,19,24,25);3*1-4H2,(H,5,6,7)(H,8,9,10)/t2*7-,8+,10+,11+,14+,27?;;;/m00.../s1. The lowest BCUT2D eigenvalue weighted by Crippen LogP contribution is -2.43. The van der Waals surface area contributed by atoms with E-state index in [4.69, 9.17) is 59.7 Å². The van der Waals surface area contributed by atoms with Gasteiger partial charge in [-0.15, -0.1) is 0 Å². The third kappa shape index (κ3) is 31.4. The van der Waals surface area contributed by atoms with Gasteiger partial charge in [-0.2, -0.15) is 50.5 Å². The van der Waals surface area contributed by atoms with Crippen LogP contribution in [0.25, 0.3) is 22.3 Å². The van der Waals surface area contributed by atoms with Crippen molar-refractivity contribution in [2.75, 3.05) is 81.5 Å². The number of carboxylic acid groups (broad SMARTS) is 2. The maximum Gasteiger partial charge on any atom is 0.264 e. The number of aliphatic hydroxyl groups is 4. The normalized spacial score (nSPS) is 21.9. The van der Waals surface area contributed by atoms with Crippen molar-refractivity contribution in [3.8, 4) is 0 Å². The lowest BCUT2D eigenvalue weighted by atomic mass is 10.1. The number of aromatic nitrogens is 8. The van der Waals surface area contributed by atoms with Gasteiger partial charge < -0.3 is 72.6 Å². The Morgan fingerprint density at radius 3 is 0.978 bits per heavy atom. The number of carboxylic acids is 2. The van der Waals surface area contributed by atoms with Gasteiger partial charge in [-0.1, -0.05) is 0 Å². The number of aliphatic hydroxyl groups excluding tert-OH is 4. The summed E-state index contributed by atoms with van der Waals surface area (Å²) >= 11 is 0. The average Bonchev–Trinajstić information content (AvgIpc) is 1.68. The van der Waals surface area contributed by atoms with Gasteiger partial charge >= 0.3 is 0 Å². The summed E-state index contributed by atoms with van der Waals surface area (Å²) in [7, 11) is -24.6. The largest absolute Gasteiger partial charge is 0.548 e. The summed E-state index contributed by atoms with van der Waals surface area (Å²) in [6.07, 6.45) is 2.41. The zero-order valence-electron chi connectivity index (χ0n) is 47.8. The van der Waals surface area contributed by atoms with Gasteiger partial charge in [0.1, 0.15) is 83.3 Å². The first-order chi connectivity index (χ1) is 41.2. The molecule has 90 heavy (non-hydrogen) atoms. The Bertz CT molecular complexity index is 3250. The number of unbranched alkanes of at least 4 members (excludes halogenated alkanes) is 3. The highest BCUT2D eigenvalue weighted by Gasteiger charge is 2.48. The van der Waals surface area contributed by atoms with E-state index in [1.54, 1.807) is 0 Å². The molecule has 0 amide bonds. The van der Waals surface area contributed by atoms with Crippen LogP contribution in [0.3, 0.4) is 0 Å². The Labute approximate surface area is 522 Å². The van der Waals surface area contributed by atoms with Crippen molar-refractivity contribution >= 4 is 128 Å². The van der Waals surface area contributed by atoms with Crippen molar-refractivity contribution in [1.29, 1.82) is 0 Å². The fourth-order valence-corrected chi connectivity index (χ4v) is 14.4. The first-order valence-electron chi connectivity index (χ1n) is 25.9. The monoisotopic (exact) mass is 1450 g/mol. The maximum atomic E-state index is 10.7. The minimum atomic E-state index is -4.02. The molecule has 6 heterocycles. The van der Waals surface area contributed by atoms with Crippen LogP contribution in [0.4, 0.5) is 11.6 Å². The second-order valence-electron chi connectivity index (χ2n) is 19.8. The van der Waals surface area contributed by atoms with Crippen molar-refractivity contribution in [3.63, 3.8) is 0 Å². The lowest BCUT2D eigenvalue weighted by Gasteiger charge is -2.16. The van der Waals surface area contributed by atoms with Gasteiger partial charge in [0, 0.05) is 24.9 Å². The Morgan fingerprint density at radius 1 is 0.489 bits per heavy atom. The van der Waals surface area contributed by atoms with E-state index in [1.807, 2.05) is 12.5 Å². The SMILES string of the molecule is C[S+](CC[C@H](N)C(=O)[O-])C[C@H]1O[C@@H](n2cnc3c(N)ncnc32)[C@H](O)[C@@H]1O.C[S+](CC[C@H](N)C(=O)[O-])C[C@H]1O[C@@H](n2cnc3c(N)ncnc32)[C@H](O)[C@@H]1O.O=S(=O)(O)CCCCS(=O)(=O)O.O=S(=O)(O)CCCCS(=O)(=O)O.O=S(=O)(O)CCCCS(=O)(=O)O. The molecule has 2 aliphatic heterocycles. The van der Waals surface area contributed by atoms with E-state index in [2.05, 4.69) is 29.9 Å². The summed E-state index contributed by atoms with van der Waals surface area (Å²) in [5.74, 6) is -3.02. The number of imidazole rings is 2. The third-order valence-corrected chi connectivity index (χ3v) is 20.7. The lowest BCUT2D eigenvalue weighted by molar-refractivity contribution is -0.308. The minimum absolute atomic E-state index is 0.0125. The zero-order chi connectivity index (χ0) is 68.9. The van der Waals surface area contributed by atoms with E-state index in [-0.39, 0.29) is 84.8 Å². The van der Waals surface area contributed by atoms with Crippen molar-refractivity contribution < 1.29 is 128 Å². The molecule has 4 aromatic rings. The topological polar surface area (TPSA) is 697 Å². The van der Waals surface area contributed by atoms with Crippen molar-refractivity contribution in [3.05, 3.63) is 25.3 Å². The molecule has 6 rings (SSSR count). The number of nitrogens with two attached hydrogens (primary N) is 4. The zero-order valence-corrected chi connectivity index (χ0v) is 54.3. The highest BCUT2D eigenvalue weighted by atomic mass is 32.2. The van der Waals surface area contributed by atoms with E-state index in [0.717, 1.165) is 0 Å². The van der Waals surface area contributed by atoms with Gasteiger partial charge in [0.2, 0.25) is 0 Å². The van der Waals surface area contributed by atoms with Crippen LogP contribution in [0, 0.1) is 0 Å². The van der Waals surface area contributed by atoms with Crippen LogP contribution in [0.1, 0.15) is 63.8 Å². The van der Waals surface area contributed by atoms with Gasteiger partial charge in [0.05, 0.1) is 71.6 Å². The molecule has 48 heteroatoms. The minimum Gasteiger partial charge on any atom is -0.548 e. The number of fused-ring (bicyclic) bond motifs is 2. The Hall–Kier alpha value is -4.52. The van der Waals surface area contributed by atoms with Crippen LogP contribution in [0.5, 0.6) is 0 Å². The summed E-state index contributed by atoms with van der Waals surface area (Å²) in [6.45, 7) is 0.